The standard InChI is InChI=1S/C15H17N3O4/c19-13-3-4-14(20)18(13)9-15(21)17-7-11(8-17)10-22-12-2-1-5-16-6-12/h1-2,5-6,11H,3-4,7-10H2. The van der Waals surface area contributed by atoms with Crippen molar-refractivity contribution in [1.29, 1.82) is 0 Å². The Kier molecular flexibility index (Phi) is 4.04. The summed E-state index contributed by atoms with van der Waals surface area (Å²) < 4.78 is 5.59. The Bertz CT molecular complexity index is 568. The Labute approximate surface area is 127 Å². The van der Waals surface area contributed by atoms with Crippen molar-refractivity contribution in [2.75, 3.05) is 26.2 Å². The molecule has 0 saturated carbocycles. The van der Waals surface area contributed by atoms with Crippen molar-refractivity contribution >= 4 is 17.7 Å². The maximum Gasteiger partial charge on any atom is 0.242 e. The van der Waals surface area contributed by atoms with E-state index in [1.165, 1.54) is 0 Å². The second kappa shape index (κ2) is 6.13. The molecule has 3 rings (SSSR count). The number of aromatic nitrogens is 1. The van der Waals surface area contributed by atoms with E-state index in [1.54, 1.807) is 23.4 Å². The van der Waals surface area contributed by atoms with Crippen LogP contribution in [0.25, 0.3) is 0 Å². The monoisotopic (exact) mass is 303 g/mol. The average molecular weight is 303 g/mol. The largest absolute Gasteiger partial charge is 0.492 e. The number of rotatable bonds is 5. The summed E-state index contributed by atoms with van der Waals surface area (Å²) in [5.41, 5.74) is 0. The van der Waals surface area contributed by atoms with E-state index in [9.17, 15) is 14.4 Å². The molecule has 1 aromatic heterocycles. The number of carbonyl (C=O) groups excluding carboxylic acids is 3. The first-order valence-corrected chi connectivity index (χ1v) is 7.27. The fourth-order valence-corrected chi connectivity index (χ4v) is 2.56. The van der Waals surface area contributed by atoms with Gasteiger partial charge in [0.25, 0.3) is 0 Å². The topological polar surface area (TPSA) is 79.8 Å². The van der Waals surface area contributed by atoms with Crippen molar-refractivity contribution in [3.8, 4) is 5.75 Å². The lowest BCUT2D eigenvalue weighted by Crippen LogP contribution is -2.55. The molecule has 0 spiro atoms. The van der Waals surface area contributed by atoms with Crippen LogP contribution >= 0.6 is 0 Å². The predicted molar refractivity (Wildman–Crippen MR) is 75.8 cm³/mol. The van der Waals surface area contributed by atoms with Gasteiger partial charge in [0.2, 0.25) is 17.7 Å². The molecule has 3 amide bonds. The van der Waals surface area contributed by atoms with E-state index in [1.807, 2.05) is 6.07 Å². The molecule has 0 aromatic carbocycles. The fraction of sp³-hybridized carbons (Fsp3) is 0.467. The lowest BCUT2D eigenvalue weighted by molar-refractivity contribution is -0.148. The summed E-state index contributed by atoms with van der Waals surface area (Å²) in [6, 6.07) is 3.63. The van der Waals surface area contributed by atoms with Crippen LogP contribution in [0, 0.1) is 5.92 Å². The quantitative estimate of drug-likeness (QED) is 0.719. The Balaban J connectivity index is 1.40. The minimum Gasteiger partial charge on any atom is -0.492 e. The summed E-state index contributed by atoms with van der Waals surface area (Å²) in [7, 11) is 0. The van der Waals surface area contributed by atoms with E-state index in [4.69, 9.17) is 4.74 Å². The van der Waals surface area contributed by atoms with E-state index in [-0.39, 0.29) is 43.0 Å². The van der Waals surface area contributed by atoms with E-state index < -0.39 is 0 Å². The first-order chi connectivity index (χ1) is 10.6. The number of amides is 3. The summed E-state index contributed by atoms with van der Waals surface area (Å²) in [5.74, 6) is 0.293. The van der Waals surface area contributed by atoms with Gasteiger partial charge < -0.3 is 9.64 Å². The third kappa shape index (κ3) is 3.08. The molecule has 2 fully saturated rings. The van der Waals surface area contributed by atoms with Gasteiger partial charge in [0.1, 0.15) is 12.3 Å². The van der Waals surface area contributed by atoms with Gasteiger partial charge in [-0.15, -0.1) is 0 Å². The van der Waals surface area contributed by atoms with Crippen molar-refractivity contribution in [1.82, 2.24) is 14.8 Å². The molecule has 0 unspecified atom stereocenters. The Morgan fingerprint density at radius 1 is 1.27 bits per heavy atom. The smallest absolute Gasteiger partial charge is 0.242 e. The molecule has 2 aliphatic rings. The summed E-state index contributed by atoms with van der Waals surface area (Å²) in [6.45, 7) is 1.58. The molecule has 0 atom stereocenters. The van der Waals surface area contributed by atoms with E-state index in [0.717, 1.165) is 4.90 Å². The van der Waals surface area contributed by atoms with Gasteiger partial charge in [0.05, 0.1) is 12.8 Å². The van der Waals surface area contributed by atoms with Crippen LogP contribution in [0.1, 0.15) is 12.8 Å². The molecule has 7 heteroatoms. The minimum atomic E-state index is -0.254. The third-order valence-corrected chi connectivity index (χ3v) is 3.88. The van der Waals surface area contributed by atoms with Crippen molar-refractivity contribution in [2.45, 2.75) is 12.8 Å². The number of hydrogen-bond acceptors (Lipinski definition) is 5. The average Bonchev–Trinajstić information content (AvgIpc) is 2.78. The van der Waals surface area contributed by atoms with E-state index in [0.29, 0.717) is 25.4 Å². The van der Waals surface area contributed by atoms with Gasteiger partial charge in [-0.25, -0.2) is 0 Å². The summed E-state index contributed by atoms with van der Waals surface area (Å²) in [4.78, 5) is 41.7. The summed E-state index contributed by atoms with van der Waals surface area (Å²) in [5, 5.41) is 0. The first kappa shape index (κ1) is 14.5. The molecule has 22 heavy (non-hydrogen) atoms. The molecule has 2 aliphatic heterocycles. The van der Waals surface area contributed by atoms with Crippen LogP contribution in [0.3, 0.4) is 0 Å². The zero-order valence-corrected chi connectivity index (χ0v) is 12.1. The molecule has 7 nitrogen and oxygen atoms in total. The zero-order chi connectivity index (χ0) is 15.5. The highest BCUT2D eigenvalue weighted by Gasteiger charge is 2.36. The van der Waals surface area contributed by atoms with Gasteiger partial charge in [-0.2, -0.15) is 0 Å². The number of nitrogens with zero attached hydrogens (tertiary/aromatic N) is 3. The highest BCUT2D eigenvalue weighted by Crippen LogP contribution is 2.19. The van der Waals surface area contributed by atoms with Gasteiger partial charge in [-0.05, 0) is 12.1 Å². The molecule has 0 aliphatic carbocycles. The van der Waals surface area contributed by atoms with Crippen LogP contribution in [-0.4, -0.2) is 58.7 Å². The summed E-state index contributed by atoms with van der Waals surface area (Å²) >= 11 is 0. The van der Waals surface area contributed by atoms with Crippen molar-refractivity contribution in [3.05, 3.63) is 24.5 Å². The zero-order valence-electron chi connectivity index (χ0n) is 12.1. The summed E-state index contributed by atoms with van der Waals surface area (Å²) in [6.07, 6.45) is 3.76. The number of pyridine rings is 1. The molecule has 116 valence electrons. The molecular formula is C15H17N3O4. The predicted octanol–water partition coefficient (Wildman–Crippen LogP) is 0.0678. The first-order valence-electron chi connectivity index (χ1n) is 7.27. The molecule has 0 bridgehead atoms. The van der Waals surface area contributed by atoms with Crippen molar-refractivity contribution in [3.63, 3.8) is 0 Å². The number of imide groups is 1. The number of carbonyl (C=O) groups is 3. The van der Waals surface area contributed by atoms with Crippen LogP contribution in [0.5, 0.6) is 5.75 Å². The molecule has 2 saturated heterocycles. The van der Waals surface area contributed by atoms with Gasteiger partial charge in [-0.3, -0.25) is 24.3 Å². The maximum absolute atomic E-state index is 12.0. The number of ether oxygens (including phenoxy) is 1. The van der Waals surface area contributed by atoms with E-state index >= 15 is 0 Å². The van der Waals surface area contributed by atoms with Crippen LogP contribution in [0.4, 0.5) is 0 Å². The van der Waals surface area contributed by atoms with Crippen molar-refractivity contribution < 1.29 is 19.1 Å². The fourth-order valence-electron chi connectivity index (χ4n) is 2.56. The van der Waals surface area contributed by atoms with Gasteiger partial charge in [0, 0.05) is 38.0 Å². The highest BCUT2D eigenvalue weighted by atomic mass is 16.5. The second-order valence-corrected chi connectivity index (χ2v) is 5.54. The van der Waals surface area contributed by atoms with Crippen LogP contribution in [0.2, 0.25) is 0 Å². The molecule has 3 heterocycles. The Morgan fingerprint density at radius 3 is 2.64 bits per heavy atom. The highest BCUT2D eigenvalue weighted by molar-refractivity contribution is 6.04. The van der Waals surface area contributed by atoms with E-state index in [2.05, 4.69) is 4.98 Å². The van der Waals surface area contributed by atoms with Crippen molar-refractivity contribution in [2.24, 2.45) is 5.92 Å². The number of hydrogen-bond donors (Lipinski definition) is 0. The minimum absolute atomic E-state index is 0.131. The molecule has 1 aromatic rings. The van der Waals surface area contributed by atoms with Gasteiger partial charge in [-0.1, -0.05) is 0 Å². The normalized spacial score (nSPS) is 18.5. The lowest BCUT2D eigenvalue weighted by atomic mass is 10.0. The molecule has 0 N–H and O–H groups in total. The SMILES string of the molecule is O=C(CN1C(=O)CCC1=O)N1CC(COc2cccnc2)C1. The maximum atomic E-state index is 12.0. The number of likely N-dealkylation sites (tertiary alicyclic amines) is 2. The van der Waals surface area contributed by atoms with Gasteiger partial charge in [0.15, 0.2) is 0 Å². The van der Waals surface area contributed by atoms with Crippen LogP contribution in [-0.2, 0) is 14.4 Å². The lowest BCUT2D eigenvalue weighted by Gasteiger charge is -2.39. The Hall–Kier alpha value is -2.44. The van der Waals surface area contributed by atoms with Crippen LogP contribution in [0.15, 0.2) is 24.5 Å². The second-order valence-electron chi connectivity index (χ2n) is 5.54. The molecule has 0 radical (unpaired) electrons. The Morgan fingerprint density at radius 2 is 2.00 bits per heavy atom. The third-order valence-electron chi connectivity index (χ3n) is 3.88. The van der Waals surface area contributed by atoms with Gasteiger partial charge >= 0.3 is 0 Å². The van der Waals surface area contributed by atoms with Crippen LogP contribution < -0.4 is 4.74 Å². The molecular weight excluding hydrogens is 286 g/mol.